The Morgan fingerprint density at radius 2 is 2.11 bits per heavy atom. The minimum absolute atomic E-state index is 0.236. The largest absolute Gasteiger partial charge is 0.493 e. The van der Waals surface area contributed by atoms with Crippen molar-refractivity contribution in [3.63, 3.8) is 0 Å². The molecule has 0 amide bonds. The fraction of sp³-hybridized carbons (Fsp3) is 0.391. The number of anilines is 1. The lowest BCUT2D eigenvalue weighted by Crippen LogP contribution is -2.21. The number of aromatic nitrogens is 1. The molecular formula is C23H24N2O3. The summed E-state index contributed by atoms with van der Waals surface area (Å²) in [6, 6.07) is 7.71. The molecule has 2 heterocycles. The Morgan fingerprint density at radius 1 is 1.25 bits per heavy atom. The van der Waals surface area contributed by atoms with Crippen molar-refractivity contribution in [3.05, 3.63) is 53.3 Å². The van der Waals surface area contributed by atoms with Crippen LogP contribution in [-0.2, 0) is 0 Å². The fourth-order valence-corrected chi connectivity index (χ4v) is 3.96. The van der Waals surface area contributed by atoms with Crippen molar-refractivity contribution in [2.75, 3.05) is 18.5 Å². The van der Waals surface area contributed by atoms with Crippen LogP contribution >= 0.6 is 0 Å². The van der Waals surface area contributed by atoms with Crippen LogP contribution in [0.3, 0.4) is 0 Å². The Bertz CT molecular complexity index is 923. The van der Waals surface area contributed by atoms with Crippen molar-refractivity contribution in [2.45, 2.75) is 38.0 Å². The number of hydrogen-bond acceptors (Lipinski definition) is 4. The van der Waals surface area contributed by atoms with Crippen molar-refractivity contribution in [3.8, 4) is 17.6 Å². The number of hydrogen-bond donors (Lipinski definition) is 2. The molecule has 144 valence electrons. The first-order valence-electron chi connectivity index (χ1n) is 9.90. The number of carboxylic acids is 1. The van der Waals surface area contributed by atoms with Crippen LogP contribution < -0.4 is 10.1 Å². The van der Waals surface area contributed by atoms with Crippen molar-refractivity contribution in [2.24, 2.45) is 5.92 Å². The predicted molar refractivity (Wildman–Crippen MR) is 108 cm³/mol. The first kappa shape index (κ1) is 18.4. The van der Waals surface area contributed by atoms with E-state index < -0.39 is 5.97 Å². The molecule has 1 atom stereocenters. The van der Waals surface area contributed by atoms with Crippen LogP contribution in [0.1, 0.15) is 59.5 Å². The third kappa shape index (κ3) is 4.12. The number of aromatic carboxylic acids is 1. The van der Waals surface area contributed by atoms with E-state index in [2.05, 4.69) is 34.3 Å². The summed E-state index contributed by atoms with van der Waals surface area (Å²) in [5, 5.41) is 12.6. The van der Waals surface area contributed by atoms with E-state index in [0.717, 1.165) is 23.3 Å². The van der Waals surface area contributed by atoms with E-state index in [0.29, 0.717) is 24.8 Å². The molecule has 0 spiro atoms. The van der Waals surface area contributed by atoms with Crippen LogP contribution in [0.15, 0.2) is 36.7 Å². The van der Waals surface area contributed by atoms with Gasteiger partial charge in [-0.1, -0.05) is 30.7 Å². The number of ether oxygens (including phenoxy) is 1. The number of benzene rings is 1. The van der Waals surface area contributed by atoms with E-state index in [1.807, 2.05) is 6.07 Å². The number of carboxylic acid groups (broad SMARTS) is 1. The molecule has 0 saturated heterocycles. The van der Waals surface area contributed by atoms with Crippen LogP contribution in [0.5, 0.6) is 5.75 Å². The second-order valence-corrected chi connectivity index (χ2v) is 7.44. The minimum Gasteiger partial charge on any atom is -0.493 e. The van der Waals surface area contributed by atoms with Crippen LogP contribution in [0.2, 0.25) is 0 Å². The molecule has 1 saturated carbocycles. The highest BCUT2D eigenvalue weighted by Crippen LogP contribution is 2.34. The van der Waals surface area contributed by atoms with Crippen molar-refractivity contribution in [1.29, 1.82) is 0 Å². The summed E-state index contributed by atoms with van der Waals surface area (Å²) >= 11 is 0. The molecule has 1 aromatic carbocycles. The summed E-state index contributed by atoms with van der Waals surface area (Å²) in [6.07, 6.45) is 8.96. The standard InChI is InChI=1S/C23H24N2O3/c26-23(27)20-9-11-24-15-21(20)25-14-18-10-12-28-22-13-17(7-8-19(18)22)6-5-16-3-1-2-4-16/h7-9,11,13,15-16,18,25H,1-4,10,12,14H2,(H,26,27). The molecule has 5 heteroatoms. The first-order chi connectivity index (χ1) is 13.7. The summed E-state index contributed by atoms with van der Waals surface area (Å²) in [7, 11) is 0. The fourth-order valence-electron chi connectivity index (χ4n) is 3.96. The first-order valence-corrected chi connectivity index (χ1v) is 9.90. The van der Waals surface area contributed by atoms with Gasteiger partial charge in [0.15, 0.2) is 0 Å². The molecule has 4 rings (SSSR count). The Labute approximate surface area is 165 Å². The molecule has 1 aliphatic heterocycles. The zero-order valence-corrected chi connectivity index (χ0v) is 15.8. The smallest absolute Gasteiger partial charge is 0.337 e. The van der Waals surface area contributed by atoms with E-state index >= 15 is 0 Å². The molecule has 1 unspecified atom stereocenters. The highest BCUT2D eigenvalue weighted by atomic mass is 16.5. The van der Waals surface area contributed by atoms with Gasteiger partial charge in [0.25, 0.3) is 0 Å². The summed E-state index contributed by atoms with van der Waals surface area (Å²) in [4.78, 5) is 15.4. The maximum atomic E-state index is 11.4. The Morgan fingerprint density at radius 3 is 2.93 bits per heavy atom. The zero-order valence-electron chi connectivity index (χ0n) is 15.8. The number of nitrogens with zero attached hydrogens (tertiary/aromatic N) is 1. The Kier molecular flexibility index (Phi) is 5.48. The molecule has 1 fully saturated rings. The Hall–Kier alpha value is -3.00. The number of rotatable bonds is 4. The van der Waals surface area contributed by atoms with E-state index in [4.69, 9.17) is 4.74 Å². The molecule has 5 nitrogen and oxygen atoms in total. The van der Waals surface area contributed by atoms with Gasteiger partial charge in [-0.15, -0.1) is 0 Å². The quantitative estimate of drug-likeness (QED) is 0.779. The summed E-state index contributed by atoms with van der Waals surface area (Å²) < 4.78 is 5.88. The van der Waals surface area contributed by atoms with Crippen LogP contribution in [-0.4, -0.2) is 29.2 Å². The molecular weight excluding hydrogens is 352 g/mol. The summed E-state index contributed by atoms with van der Waals surface area (Å²) in [5.74, 6) is 7.43. The van der Waals surface area contributed by atoms with E-state index in [1.54, 1.807) is 6.20 Å². The zero-order chi connectivity index (χ0) is 19.3. The third-order valence-corrected chi connectivity index (χ3v) is 5.54. The van der Waals surface area contributed by atoms with Gasteiger partial charge < -0.3 is 15.2 Å². The minimum atomic E-state index is -0.956. The average molecular weight is 376 g/mol. The normalized spacial score (nSPS) is 18.5. The molecule has 1 aliphatic carbocycles. The molecule has 0 radical (unpaired) electrons. The number of fused-ring (bicyclic) bond motifs is 1. The topological polar surface area (TPSA) is 71.5 Å². The lowest BCUT2D eigenvalue weighted by Gasteiger charge is -2.26. The van der Waals surface area contributed by atoms with Gasteiger partial charge in [0.1, 0.15) is 5.75 Å². The Balaban J connectivity index is 1.47. The number of nitrogens with one attached hydrogen (secondary N) is 1. The van der Waals surface area contributed by atoms with Gasteiger partial charge >= 0.3 is 5.97 Å². The summed E-state index contributed by atoms with van der Waals surface area (Å²) in [6.45, 7) is 1.28. The molecule has 0 bridgehead atoms. The second kappa shape index (κ2) is 8.35. The van der Waals surface area contributed by atoms with Gasteiger partial charge in [0, 0.05) is 30.1 Å². The van der Waals surface area contributed by atoms with Gasteiger partial charge in [0.05, 0.1) is 24.1 Å². The van der Waals surface area contributed by atoms with Gasteiger partial charge in [0.2, 0.25) is 0 Å². The SMILES string of the molecule is O=C(O)c1ccncc1NCC1CCOc2cc(C#CC3CCCC3)ccc21. The van der Waals surface area contributed by atoms with Gasteiger partial charge in [-0.2, -0.15) is 0 Å². The third-order valence-electron chi connectivity index (χ3n) is 5.54. The van der Waals surface area contributed by atoms with E-state index in [9.17, 15) is 9.90 Å². The van der Waals surface area contributed by atoms with Crippen LogP contribution in [0, 0.1) is 17.8 Å². The highest BCUT2D eigenvalue weighted by Gasteiger charge is 2.22. The molecule has 1 aromatic heterocycles. The maximum Gasteiger partial charge on any atom is 0.337 e. The average Bonchev–Trinajstić information content (AvgIpc) is 3.24. The molecule has 28 heavy (non-hydrogen) atoms. The van der Waals surface area contributed by atoms with Crippen molar-refractivity contribution in [1.82, 2.24) is 4.98 Å². The van der Waals surface area contributed by atoms with Crippen molar-refractivity contribution < 1.29 is 14.6 Å². The van der Waals surface area contributed by atoms with Gasteiger partial charge in [-0.3, -0.25) is 4.98 Å². The maximum absolute atomic E-state index is 11.4. The second-order valence-electron chi connectivity index (χ2n) is 7.44. The van der Waals surface area contributed by atoms with E-state index in [-0.39, 0.29) is 11.5 Å². The monoisotopic (exact) mass is 376 g/mol. The molecule has 2 aliphatic rings. The van der Waals surface area contributed by atoms with Crippen LogP contribution in [0.4, 0.5) is 5.69 Å². The van der Waals surface area contributed by atoms with Gasteiger partial charge in [-0.25, -0.2) is 4.79 Å². The van der Waals surface area contributed by atoms with E-state index in [1.165, 1.54) is 37.9 Å². The number of pyridine rings is 1. The summed E-state index contributed by atoms with van der Waals surface area (Å²) in [5.41, 5.74) is 2.92. The molecule has 2 N–H and O–H groups in total. The van der Waals surface area contributed by atoms with Crippen LogP contribution in [0.25, 0.3) is 0 Å². The number of carbonyl (C=O) groups is 1. The molecule has 2 aromatic rings. The van der Waals surface area contributed by atoms with Gasteiger partial charge in [-0.05, 0) is 43.0 Å². The lowest BCUT2D eigenvalue weighted by molar-refractivity contribution is 0.0697. The highest BCUT2D eigenvalue weighted by molar-refractivity contribution is 5.93. The predicted octanol–water partition coefficient (Wildman–Crippen LogP) is 4.30. The lowest BCUT2D eigenvalue weighted by atomic mass is 9.92. The van der Waals surface area contributed by atoms with Crippen molar-refractivity contribution >= 4 is 11.7 Å².